The molecule has 3 amide bonds. The molecule has 1 N–H and O–H groups in total. The Kier molecular flexibility index (Phi) is 5.16. The summed E-state index contributed by atoms with van der Waals surface area (Å²) in [7, 11) is 1.61. The van der Waals surface area contributed by atoms with E-state index in [0.717, 1.165) is 16.2 Å². The number of amides is 3. The molecule has 1 aliphatic carbocycles. The molecule has 6 nitrogen and oxygen atoms in total. The number of imide groups is 1. The van der Waals surface area contributed by atoms with Gasteiger partial charge >= 0.3 is 0 Å². The number of nitrogens with one attached hydrogen (secondary N) is 1. The fraction of sp³-hybridized carbons (Fsp3) is 0.421. The van der Waals surface area contributed by atoms with Crippen molar-refractivity contribution in [2.75, 3.05) is 20.2 Å². The minimum Gasteiger partial charge on any atom is -0.497 e. The summed E-state index contributed by atoms with van der Waals surface area (Å²) in [5, 5.41) is 2.78. The van der Waals surface area contributed by atoms with Crippen molar-refractivity contribution in [3.8, 4) is 5.75 Å². The molecule has 1 saturated heterocycles. The third-order valence-corrected chi connectivity index (χ3v) is 4.80. The molecule has 6 heteroatoms. The molecule has 0 saturated carbocycles. The first-order valence-electron chi connectivity index (χ1n) is 8.50. The van der Waals surface area contributed by atoms with Crippen molar-refractivity contribution in [3.63, 3.8) is 0 Å². The Bertz CT molecular complexity index is 670. The molecular weight excluding hydrogens is 320 g/mol. The van der Waals surface area contributed by atoms with E-state index in [0.29, 0.717) is 25.8 Å². The highest BCUT2D eigenvalue weighted by molar-refractivity contribution is 6.07. The number of carbonyl (C=O) groups is 3. The van der Waals surface area contributed by atoms with E-state index in [1.54, 1.807) is 7.11 Å². The standard InChI is InChI=1S/C19H22N2O4/c1-25-14-8-6-13(7-9-14)10-11-20-17(22)12-21-18(23)15-4-2-3-5-16(15)19(21)24/h2-3,6-9,15-16H,4-5,10-12H2,1H3,(H,20,22). The van der Waals surface area contributed by atoms with Crippen molar-refractivity contribution < 1.29 is 19.1 Å². The summed E-state index contributed by atoms with van der Waals surface area (Å²) in [4.78, 5) is 37.9. The zero-order valence-corrected chi connectivity index (χ0v) is 14.2. The number of ether oxygens (including phenoxy) is 1. The zero-order valence-electron chi connectivity index (χ0n) is 14.2. The molecule has 2 unspecified atom stereocenters. The highest BCUT2D eigenvalue weighted by Crippen LogP contribution is 2.34. The van der Waals surface area contributed by atoms with Gasteiger partial charge in [-0.05, 0) is 37.0 Å². The number of hydrogen-bond acceptors (Lipinski definition) is 4. The molecule has 0 spiro atoms. The molecule has 1 heterocycles. The number of methoxy groups -OCH3 is 1. The Balaban J connectivity index is 1.47. The van der Waals surface area contributed by atoms with Crippen LogP contribution in [0.3, 0.4) is 0 Å². The molecule has 3 rings (SSSR count). The summed E-state index contributed by atoms with van der Waals surface area (Å²) in [5.74, 6) is -0.528. The van der Waals surface area contributed by atoms with Gasteiger partial charge in [-0.2, -0.15) is 0 Å². The maximum Gasteiger partial charge on any atom is 0.240 e. The Morgan fingerprint density at radius 3 is 2.28 bits per heavy atom. The number of likely N-dealkylation sites (tertiary alicyclic amines) is 1. The number of nitrogens with zero attached hydrogens (tertiary/aromatic N) is 1. The third kappa shape index (κ3) is 3.73. The first-order valence-corrected chi connectivity index (χ1v) is 8.50. The summed E-state index contributed by atoms with van der Waals surface area (Å²) in [6.07, 6.45) is 5.72. The van der Waals surface area contributed by atoms with Gasteiger partial charge in [-0.25, -0.2) is 0 Å². The summed E-state index contributed by atoms with van der Waals surface area (Å²) in [6.45, 7) is 0.267. The van der Waals surface area contributed by atoms with Crippen molar-refractivity contribution in [2.24, 2.45) is 11.8 Å². The van der Waals surface area contributed by atoms with Gasteiger partial charge in [0, 0.05) is 6.54 Å². The van der Waals surface area contributed by atoms with Gasteiger partial charge in [-0.15, -0.1) is 0 Å². The van der Waals surface area contributed by atoms with Crippen LogP contribution in [-0.2, 0) is 20.8 Å². The molecule has 0 radical (unpaired) electrons. The molecule has 2 aliphatic rings. The Hall–Kier alpha value is -2.63. The molecule has 1 aromatic carbocycles. The van der Waals surface area contributed by atoms with Crippen molar-refractivity contribution >= 4 is 17.7 Å². The molecule has 25 heavy (non-hydrogen) atoms. The van der Waals surface area contributed by atoms with E-state index >= 15 is 0 Å². The van der Waals surface area contributed by atoms with Crippen molar-refractivity contribution in [1.82, 2.24) is 10.2 Å². The van der Waals surface area contributed by atoms with Crippen LogP contribution >= 0.6 is 0 Å². The summed E-state index contributed by atoms with van der Waals surface area (Å²) in [5.41, 5.74) is 1.08. The average Bonchev–Trinajstić information content (AvgIpc) is 2.88. The first kappa shape index (κ1) is 17.2. The van der Waals surface area contributed by atoms with Crippen LogP contribution in [0.15, 0.2) is 36.4 Å². The minimum absolute atomic E-state index is 0.187. The van der Waals surface area contributed by atoms with Crippen LogP contribution in [0.5, 0.6) is 5.75 Å². The lowest BCUT2D eigenvalue weighted by Crippen LogP contribution is -2.41. The van der Waals surface area contributed by atoms with E-state index in [2.05, 4.69) is 5.32 Å². The maximum absolute atomic E-state index is 12.3. The van der Waals surface area contributed by atoms with Gasteiger partial charge in [0.1, 0.15) is 12.3 Å². The molecule has 0 aromatic heterocycles. The highest BCUT2D eigenvalue weighted by Gasteiger charge is 2.47. The van der Waals surface area contributed by atoms with Crippen LogP contribution < -0.4 is 10.1 Å². The number of rotatable bonds is 6. The second-order valence-corrected chi connectivity index (χ2v) is 6.37. The lowest BCUT2D eigenvalue weighted by atomic mass is 9.85. The number of carbonyl (C=O) groups excluding carboxylic acids is 3. The lowest BCUT2D eigenvalue weighted by molar-refractivity contribution is -0.143. The number of benzene rings is 1. The van der Waals surface area contributed by atoms with Crippen LogP contribution in [-0.4, -0.2) is 42.8 Å². The largest absolute Gasteiger partial charge is 0.497 e. The fourth-order valence-corrected chi connectivity index (χ4v) is 3.36. The fourth-order valence-electron chi connectivity index (χ4n) is 3.36. The molecule has 1 aromatic rings. The van der Waals surface area contributed by atoms with E-state index in [-0.39, 0.29) is 36.1 Å². The number of fused-ring (bicyclic) bond motifs is 1. The second kappa shape index (κ2) is 7.51. The second-order valence-electron chi connectivity index (χ2n) is 6.37. The van der Waals surface area contributed by atoms with E-state index < -0.39 is 0 Å². The van der Waals surface area contributed by atoms with Crippen molar-refractivity contribution in [3.05, 3.63) is 42.0 Å². The van der Waals surface area contributed by atoms with E-state index in [1.165, 1.54) is 0 Å². The smallest absolute Gasteiger partial charge is 0.240 e. The molecule has 2 atom stereocenters. The van der Waals surface area contributed by atoms with Gasteiger partial charge in [0.2, 0.25) is 17.7 Å². The first-order chi connectivity index (χ1) is 12.1. The van der Waals surface area contributed by atoms with E-state index in [1.807, 2.05) is 36.4 Å². The predicted octanol–water partition coefficient (Wildman–Crippen LogP) is 1.31. The van der Waals surface area contributed by atoms with Crippen LogP contribution in [0.2, 0.25) is 0 Å². The third-order valence-electron chi connectivity index (χ3n) is 4.80. The van der Waals surface area contributed by atoms with Crippen LogP contribution in [0, 0.1) is 11.8 Å². The normalized spacial score (nSPS) is 22.0. The quantitative estimate of drug-likeness (QED) is 0.625. The molecule has 1 fully saturated rings. The monoisotopic (exact) mass is 342 g/mol. The van der Waals surface area contributed by atoms with E-state index in [4.69, 9.17) is 4.74 Å². The Morgan fingerprint density at radius 2 is 1.72 bits per heavy atom. The van der Waals surface area contributed by atoms with Gasteiger partial charge in [0.15, 0.2) is 0 Å². The SMILES string of the molecule is COc1ccc(CCNC(=O)CN2C(=O)C3CC=CCC3C2=O)cc1. The number of allylic oxidation sites excluding steroid dienone is 2. The predicted molar refractivity (Wildman–Crippen MR) is 91.8 cm³/mol. The molecule has 1 aliphatic heterocycles. The van der Waals surface area contributed by atoms with Crippen molar-refractivity contribution in [2.45, 2.75) is 19.3 Å². The zero-order chi connectivity index (χ0) is 17.8. The summed E-state index contributed by atoms with van der Waals surface area (Å²) >= 11 is 0. The average molecular weight is 342 g/mol. The van der Waals surface area contributed by atoms with Gasteiger partial charge in [0.25, 0.3) is 0 Å². The Labute approximate surface area is 146 Å². The summed E-state index contributed by atoms with van der Waals surface area (Å²) in [6, 6.07) is 7.62. The van der Waals surface area contributed by atoms with E-state index in [9.17, 15) is 14.4 Å². The number of hydrogen-bond donors (Lipinski definition) is 1. The van der Waals surface area contributed by atoms with Gasteiger partial charge in [0.05, 0.1) is 18.9 Å². The van der Waals surface area contributed by atoms with Gasteiger partial charge < -0.3 is 10.1 Å². The highest BCUT2D eigenvalue weighted by atomic mass is 16.5. The summed E-state index contributed by atoms with van der Waals surface area (Å²) < 4.78 is 5.10. The van der Waals surface area contributed by atoms with Crippen LogP contribution in [0.25, 0.3) is 0 Å². The van der Waals surface area contributed by atoms with Gasteiger partial charge in [-0.1, -0.05) is 24.3 Å². The van der Waals surface area contributed by atoms with Gasteiger partial charge in [-0.3, -0.25) is 19.3 Å². The van der Waals surface area contributed by atoms with Crippen LogP contribution in [0.1, 0.15) is 18.4 Å². The lowest BCUT2D eigenvalue weighted by Gasteiger charge is -2.14. The topological polar surface area (TPSA) is 75.7 Å². The molecule has 0 bridgehead atoms. The molecular formula is C19H22N2O4. The molecule has 132 valence electrons. The maximum atomic E-state index is 12.3. The van der Waals surface area contributed by atoms with Crippen LogP contribution in [0.4, 0.5) is 0 Å². The Morgan fingerprint density at radius 1 is 1.12 bits per heavy atom. The minimum atomic E-state index is -0.304. The van der Waals surface area contributed by atoms with Crippen molar-refractivity contribution in [1.29, 1.82) is 0 Å².